The molecular weight excluding hydrogens is 402 g/mol. The molecule has 1 unspecified atom stereocenters. The van der Waals surface area contributed by atoms with E-state index in [0.717, 1.165) is 12.0 Å². The fourth-order valence-electron chi connectivity index (χ4n) is 5.57. The van der Waals surface area contributed by atoms with Crippen molar-refractivity contribution < 1.29 is 4.79 Å². The number of hydrogen-bond donors (Lipinski definition) is 1. The van der Waals surface area contributed by atoms with Crippen molar-refractivity contribution in [3.63, 3.8) is 0 Å². The standard InChI is InChI=1S/C31H37NO/c1-22-9-8-19-31(4,24(22)3)29-21-28(15-12-23(29)2)30(33)32-20-18-25-13-16-27(17-14-25)26-10-6-5-7-11-26/h5-7,10-17,21-22,24H,8-9,18-20H2,1-4H3,(H,32,33)/t22-,24-,31?/m0/s1. The van der Waals surface area contributed by atoms with Gasteiger partial charge in [-0.05, 0) is 77.0 Å². The third-order valence-corrected chi connectivity index (χ3v) is 8.09. The van der Waals surface area contributed by atoms with Crippen molar-refractivity contribution in [3.8, 4) is 11.1 Å². The molecule has 1 N–H and O–H groups in total. The zero-order valence-electron chi connectivity index (χ0n) is 20.5. The average Bonchev–Trinajstić information content (AvgIpc) is 2.83. The first-order valence-corrected chi connectivity index (χ1v) is 12.4. The highest BCUT2D eigenvalue weighted by molar-refractivity contribution is 5.94. The van der Waals surface area contributed by atoms with Crippen LogP contribution in [0.2, 0.25) is 0 Å². The fourth-order valence-corrected chi connectivity index (χ4v) is 5.57. The molecule has 172 valence electrons. The Hall–Kier alpha value is -2.87. The SMILES string of the molecule is Cc1ccc(C(=O)NCCc2ccc(-c3ccccc3)cc2)cc1C1(C)CCC[C@H](C)[C@@H]1C. The van der Waals surface area contributed by atoms with E-state index in [-0.39, 0.29) is 11.3 Å². The molecule has 0 radical (unpaired) electrons. The summed E-state index contributed by atoms with van der Waals surface area (Å²) in [5.74, 6) is 1.35. The van der Waals surface area contributed by atoms with Gasteiger partial charge in [-0.25, -0.2) is 0 Å². The molecule has 4 rings (SSSR count). The van der Waals surface area contributed by atoms with Gasteiger partial charge in [-0.3, -0.25) is 4.79 Å². The van der Waals surface area contributed by atoms with E-state index >= 15 is 0 Å². The van der Waals surface area contributed by atoms with Crippen LogP contribution >= 0.6 is 0 Å². The molecule has 0 aliphatic heterocycles. The van der Waals surface area contributed by atoms with E-state index in [2.05, 4.69) is 93.7 Å². The van der Waals surface area contributed by atoms with Gasteiger partial charge in [0.25, 0.3) is 5.91 Å². The Morgan fingerprint density at radius 3 is 2.39 bits per heavy atom. The maximum absolute atomic E-state index is 13.0. The van der Waals surface area contributed by atoms with Crippen LogP contribution in [0.5, 0.6) is 0 Å². The second-order valence-corrected chi connectivity index (χ2v) is 10.2. The smallest absolute Gasteiger partial charge is 0.251 e. The number of carbonyl (C=O) groups excluding carboxylic acids is 1. The Bertz CT molecular complexity index is 1090. The molecule has 1 aliphatic rings. The van der Waals surface area contributed by atoms with Crippen LogP contribution in [0, 0.1) is 18.8 Å². The van der Waals surface area contributed by atoms with Crippen LogP contribution in [-0.4, -0.2) is 12.5 Å². The van der Waals surface area contributed by atoms with Crippen molar-refractivity contribution in [2.45, 2.75) is 58.8 Å². The van der Waals surface area contributed by atoms with Crippen molar-refractivity contribution in [2.75, 3.05) is 6.54 Å². The summed E-state index contributed by atoms with van der Waals surface area (Å²) in [5, 5.41) is 3.14. The zero-order chi connectivity index (χ0) is 23.4. The Kier molecular flexibility index (Phi) is 7.02. The molecule has 1 amide bonds. The maximum Gasteiger partial charge on any atom is 0.251 e. The largest absolute Gasteiger partial charge is 0.352 e. The van der Waals surface area contributed by atoms with E-state index in [1.54, 1.807) is 0 Å². The number of hydrogen-bond acceptors (Lipinski definition) is 1. The molecule has 2 heteroatoms. The molecule has 1 aliphatic carbocycles. The molecular formula is C31H37NO. The Labute approximate surface area is 199 Å². The first-order chi connectivity index (χ1) is 15.9. The van der Waals surface area contributed by atoms with Crippen LogP contribution in [0.1, 0.15) is 67.1 Å². The van der Waals surface area contributed by atoms with E-state index in [0.29, 0.717) is 18.4 Å². The van der Waals surface area contributed by atoms with E-state index in [4.69, 9.17) is 0 Å². The molecule has 0 bridgehead atoms. The third-order valence-electron chi connectivity index (χ3n) is 8.09. The predicted octanol–water partition coefficient (Wildman–Crippen LogP) is 7.35. The Morgan fingerprint density at radius 2 is 1.67 bits per heavy atom. The number of carbonyl (C=O) groups is 1. The summed E-state index contributed by atoms with van der Waals surface area (Å²) in [4.78, 5) is 13.0. The first kappa shape index (κ1) is 23.3. The maximum atomic E-state index is 13.0. The van der Waals surface area contributed by atoms with Gasteiger partial charge in [0.1, 0.15) is 0 Å². The van der Waals surface area contributed by atoms with Crippen LogP contribution in [0.4, 0.5) is 0 Å². The summed E-state index contributed by atoms with van der Waals surface area (Å²) < 4.78 is 0. The molecule has 33 heavy (non-hydrogen) atoms. The summed E-state index contributed by atoms with van der Waals surface area (Å²) >= 11 is 0. The summed E-state index contributed by atoms with van der Waals surface area (Å²) in [6.45, 7) is 9.99. The van der Waals surface area contributed by atoms with Crippen molar-refractivity contribution in [2.24, 2.45) is 11.8 Å². The summed E-state index contributed by atoms with van der Waals surface area (Å²) in [7, 11) is 0. The van der Waals surface area contributed by atoms with Crippen molar-refractivity contribution in [1.29, 1.82) is 0 Å². The number of nitrogens with one attached hydrogen (secondary N) is 1. The van der Waals surface area contributed by atoms with Crippen LogP contribution in [0.15, 0.2) is 72.8 Å². The number of benzene rings is 3. The second kappa shape index (κ2) is 9.95. The molecule has 0 saturated heterocycles. The van der Waals surface area contributed by atoms with E-state index in [1.165, 1.54) is 47.1 Å². The molecule has 0 spiro atoms. The minimum atomic E-state index is 0.0252. The lowest BCUT2D eigenvalue weighted by Crippen LogP contribution is -2.38. The molecule has 0 aromatic heterocycles. The van der Waals surface area contributed by atoms with Crippen LogP contribution in [0.25, 0.3) is 11.1 Å². The number of rotatable bonds is 6. The van der Waals surface area contributed by atoms with Crippen molar-refractivity contribution in [1.82, 2.24) is 5.32 Å². The highest BCUT2D eigenvalue weighted by Gasteiger charge is 2.39. The van der Waals surface area contributed by atoms with Gasteiger partial charge in [-0.2, -0.15) is 0 Å². The quantitative estimate of drug-likeness (QED) is 0.427. The van der Waals surface area contributed by atoms with E-state index in [1.807, 2.05) is 12.1 Å². The molecule has 1 fully saturated rings. The molecule has 3 aromatic rings. The van der Waals surface area contributed by atoms with Crippen molar-refractivity contribution >= 4 is 5.91 Å². The van der Waals surface area contributed by atoms with Crippen LogP contribution < -0.4 is 5.32 Å². The predicted molar refractivity (Wildman–Crippen MR) is 139 cm³/mol. The summed E-state index contributed by atoms with van der Waals surface area (Å²) in [5.41, 5.74) is 7.25. The molecule has 2 nitrogen and oxygen atoms in total. The number of aryl methyl sites for hydroxylation is 1. The van der Waals surface area contributed by atoms with Crippen LogP contribution in [-0.2, 0) is 11.8 Å². The highest BCUT2D eigenvalue weighted by Crippen LogP contribution is 2.47. The minimum absolute atomic E-state index is 0.0252. The first-order valence-electron chi connectivity index (χ1n) is 12.4. The lowest BCUT2D eigenvalue weighted by atomic mass is 9.60. The van der Waals surface area contributed by atoms with Gasteiger partial charge >= 0.3 is 0 Å². The third kappa shape index (κ3) is 5.05. The molecule has 3 aromatic carbocycles. The molecule has 3 atom stereocenters. The topological polar surface area (TPSA) is 29.1 Å². The normalized spacial score (nSPS) is 22.7. The Morgan fingerprint density at radius 1 is 0.970 bits per heavy atom. The van der Waals surface area contributed by atoms with Gasteiger partial charge in [0.15, 0.2) is 0 Å². The highest BCUT2D eigenvalue weighted by atomic mass is 16.1. The van der Waals surface area contributed by atoms with E-state index in [9.17, 15) is 4.79 Å². The van der Waals surface area contributed by atoms with Crippen LogP contribution in [0.3, 0.4) is 0 Å². The van der Waals surface area contributed by atoms with E-state index < -0.39 is 0 Å². The lowest BCUT2D eigenvalue weighted by Gasteiger charge is -2.45. The summed E-state index contributed by atoms with van der Waals surface area (Å²) in [6.07, 6.45) is 4.60. The average molecular weight is 440 g/mol. The van der Waals surface area contributed by atoms with Gasteiger partial charge in [0, 0.05) is 12.1 Å². The number of amides is 1. The fraction of sp³-hybridized carbons (Fsp3) is 0.387. The van der Waals surface area contributed by atoms with Gasteiger partial charge in [0.2, 0.25) is 0 Å². The monoisotopic (exact) mass is 439 g/mol. The second-order valence-electron chi connectivity index (χ2n) is 10.2. The van der Waals surface area contributed by atoms with Gasteiger partial charge in [0.05, 0.1) is 0 Å². The van der Waals surface area contributed by atoms with Gasteiger partial charge in [-0.15, -0.1) is 0 Å². The molecule has 0 heterocycles. The Balaban J connectivity index is 1.39. The zero-order valence-corrected chi connectivity index (χ0v) is 20.5. The van der Waals surface area contributed by atoms with Crippen molar-refractivity contribution in [3.05, 3.63) is 95.1 Å². The lowest BCUT2D eigenvalue weighted by molar-refractivity contribution is 0.0953. The van der Waals surface area contributed by atoms with Gasteiger partial charge in [-0.1, -0.05) is 94.3 Å². The van der Waals surface area contributed by atoms with Gasteiger partial charge < -0.3 is 5.32 Å². The molecule has 1 saturated carbocycles. The minimum Gasteiger partial charge on any atom is -0.352 e. The summed E-state index contributed by atoms with van der Waals surface area (Å²) in [6, 6.07) is 25.3.